The van der Waals surface area contributed by atoms with E-state index < -0.39 is 11.8 Å². The topological polar surface area (TPSA) is 56.3 Å². The predicted molar refractivity (Wildman–Crippen MR) is 89.0 cm³/mol. The number of aryl methyl sites for hydroxylation is 1. The molecular formula is C14H16ClNO3S2. The number of ketones is 1. The number of thioether (sulfide) groups is 2. The van der Waals surface area contributed by atoms with Crippen LogP contribution in [0.2, 0.25) is 5.15 Å². The van der Waals surface area contributed by atoms with Crippen molar-refractivity contribution in [3.05, 3.63) is 38.4 Å². The fourth-order valence-electron chi connectivity index (χ4n) is 1.59. The number of nitrogens with zero attached hydrogens (tertiary/aromatic N) is 1. The molecule has 0 saturated carbocycles. The third-order valence-electron chi connectivity index (χ3n) is 2.51. The summed E-state index contributed by atoms with van der Waals surface area (Å²) in [5.74, 6) is -1.11. The molecule has 1 rings (SSSR count). The highest BCUT2D eigenvalue weighted by Crippen LogP contribution is 2.31. The molecule has 0 saturated heterocycles. The van der Waals surface area contributed by atoms with Gasteiger partial charge in [0.05, 0.1) is 16.4 Å². The van der Waals surface area contributed by atoms with E-state index in [1.165, 1.54) is 23.5 Å². The van der Waals surface area contributed by atoms with E-state index >= 15 is 0 Å². The second-order valence-electron chi connectivity index (χ2n) is 3.91. The summed E-state index contributed by atoms with van der Waals surface area (Å²) in [6.45, 7) is 3.67. The van der Waals surface area contributed by atoms with Gasteiger partial charge in [-0.2, -0.15) is 0 Å². The SMILES string of the molecule is CCOC(=O)C(C(=O)c1ccc(C)nc1Cl)=C(SC)SC. The monoisotopic (exact) mass is 345 g/mol. The number of carbonyl (C=O) groups is 2. The predicted octanol–water partition coefficient (Wildman–Crippen LogP) is 3.73. The van der Waals surface area contributed by atoms with Gasteiger partial charge in [-0.25, -0.2) is 9.78 Å². The van der Waals surface area contributed by atoms with Crippen molar-refractivity contribution in [3.8, 4) is 0 Å². The zero-order chi connectivity index (χ0) is 16.0. The second-order valence-corrected chi connectivity index (χ2v) is 6.16. The van der Waals surface area contributed by atoms with Gasteiger partial charge in [-0.15, -0.1) is 23.5 Å². The van der Waals surface area contributed by atoms with Gasteiger partial charge in [-0.3, -0.25) is 4.79 Å². The van der Waals surface area contributed by atoms with Gasteiger partial charge in [0, 0.05) is 5.69 Å². The molecule has 4 nitrogen and oxygen atoms in total. The zero-order valence-corrected chi connectivity index (χ0v) is 14.6. The molecule has 0 bridgehead atoms. The van der Waals surface area contributed by atoms with Crippen molar-refractivity contribution in [1.29, 1.82) is 0 Å². The molecule has 21 heavy (non-hydrogen) atoms. The van der Waals surface area contributed by atoms with Crippen molar-refractivity contribution in [1.82, 2.24) is 4.98 Å². The lowest BCUT2D eigenvalue weighted by Gasteiger charge is -2.11. The fraction of sp³-hybridized carbons (Fsp3) is 0.357. The number of hydrogen-bond donors (Lipinski definition) is 0. The van der Waals surface area contributed by atoms with Crippen molar-refractivity contribution in [3.63, 3.8) is 0 Å². The molecule has 1 aromatic heterocycles. The van der Waals surface area contributed by atoms with Gasteiger partial charge in [-0.05, 0) is 38.5 Å². The van der Waals surface area contributed by atoms with Crippen LogP contribution in [0.1, 0.15) is 23.0 Å². The average molecular weight is 346 g/mol. The lowest BCUT2D eigenvalue weighted by molar-refractivity contribution is -0.138. The Labute approximate surface area is 137 Å². The molecule has 0 fully saturated rings. The quantitative estimate of drug-likeness (QED) is 0.195. The first-order valence-corrected chi connectivity index (χ1v) is 8.96. The summed E-state index contributed by atoms with van der Waals surface area (Å²) in [6.07, 6.45) is 3.60. The summed E-state index contributed by atoms with van der Waals surface area (Å²) < 4.78 is 5.58. The van der Waals surface area contributed by atoms with Crippen molar-refractivity contribution in [2.24, 2.45) is 0 Å². The number of ether oxygens (including phenoxy) is 1. The molecule has 0 aromatic carbocycles. The van der Waals surface area contributed by atoms with Crippen LogP contribution in [-0.4, -0.2) is 35.9 Å². The third-order valence-corrected chi connectivity index (χ3v) is 4.95. The molecule has 1 aromatic rings. The van der Waals surface area contributed by atoms with Gasteiger partial charge in [-0.1, -0.05) is 11.6 Å². The van der Waals surface area contributed by atoms with Gasteiger partial charge in [0.25, 0.3) is 0 Å². The van der Waals surface area contributed by atoms with Crippen LogP contribution < -0.4 is 0 Å². The molecule has 0 aliphatic heterocycles. The number of carbonyl (C=O) groups excluding carboxylic acids is 2. The number of halogens is 1. The normalized spacial score (nSPS) is 10.1. The first kappa shape index (κ1) is 18.1. The Hall–Kier alpha value is -0.980. The molecule has 0 unspecified atom stereocenters. The van der Waals surface area contributed by atoms with Crippen molar-refractivity contribution < 1.29 is 14.3 Å². The highest BCUT2D eigenvalue weighted by molar-refractivity contribution is 8.21. The van der Waals surface area contributed by atoms with Crippen molar-refractivity contribution in [2.75, 3.05) is 19.1 Å². The summed E-state index contributed by atoms with van der Waals surface area (Å²) >= 11 is 8.66. The highest BCUT2D eigenvalue weighted by Gasteiger charge is 2.27. The maximum Gasteiger partial charge on any atom is 0.343 e. The summed E-state index contributed by atoms with van der Waals surface area (Å²) in [4.78, 5) is 28.8. The van der Waals surface area contributed by atoms with E-state index in [0.29, 0.717) is 9.93 Å². The molecule has 0 spiro atoms. The van der Waals surface area contributed by atoms with E-state index in [4.69, 9.17) is 16.3 Å². The minimum atomic E-state index is -0.641. The molecule has 114 valence electrons. The standard InChI is InChI=1S/C14H16ClNO3S2/c1-5-19-13(18)10(14(20-3)21-4)11(17)9-7-6-8(2)16-12(9)15/h6-7H,5H2,1-4H3. The molecule has 0 aliphatic carbocycles. The van der Waals surface area contributed by atoms with Gasteiger partial charge in [0.1, 0.15) is 10.7 Å². The lowest BCUT2D eigenvalue weighted by Crippen LogP contribution is -2.18. The number of pyridine rings is 1. The Morgan fingerprint density at radius 3 is 2.38 bits per heavy atom. The molecule has 1 heterocycles. The first-order valence-electron chi connectivity index (χ1n) is 6.13. The number of aromatic nitrogens is 1. The first-order chi connectivity index (χ1) is 9.96. The van der Waals surface area contributed by atoms with Crippen LogP contribution in [0.15, 0.2) is 21.9 Å². The van der Waals surface area contributed by atoms with Crippen LogP contribution in [-0.2, 0) is 9.53 Å². The van der Waals surface area contributed by atoms with E-state index in [1.54, 1.807) is 38.5 Å². The Morgan fingerprint density at radius 1 is 1.29 bits per heavy atom. The van der Waals surface area contributed by atoms with E-state index in [0.717, 1.165) is 0 Å². The zero-order valence-electron chi connectivity index (χ0n) is 12.2. The molecule has 0 atom stereocenters. The number of Topliss-reactive ketones (excluding diaryl/α,β-unsaturated/α-hetero) is 1. The number of hydrogen-bond acceptors (Lipinski definition) is 6. The van der Waals surface area contributed by atoms with Crippen molar-refractivity contribution in [2.45, 2.75) is 13.8 Å². The summed E-state index contributed by atoms with van der Waals surface area (Å²) in [5.41, 5.74) is 0.906. The van der Waals surface area contributed by atoms with Crippen LogP contribution in [0.4, 0.5) is 0 Å². The maximum absolute atomic E-state index is 12.6. The average Bonchev–Trinajstić information content (AvgIpc) is 2.44. The molecule has 0 aliphatic rings. The van der Waals surface area contributed by atoms with Crippen LogP contribution in [0.3, 0.4) is 0 Å². The number of esters is 1. The minimum Gasteiger partial charge on any atom is -0.462 e. The van der Waals surface area contributed by atoms with E-state index in [1.807, 2.05) is 0 Å². The second kappa shape index (κ2) is 8.46. The van der Waals surface area contributed by atoms with Gasteiger partial charge < -0.3 is 4.74 Å². The fourth-order valence-corrected chi connectivity index (χ4v) is 3.30. The van der Waals surface area contributed by atoms with Crippen LogP contribution >= 0.6 is 35.1 Å². The highest BCUT2D eigenvalue weighted by atomic mass is 35.5. The maximum atomic E-state index is 12.6. The van der Waals surface area contributed by atoms with E-state index in [-0.39, 0.29) is 22.9 Å². The Balaban J connectivity index is 3.35. The lowest BCUT2D eigenvalue weighted by atomic mass is 10.1. The summed E-state index contributed by atoms with van der Waals surface area (Å²) in [6, 6.07) is 3.25. The molecular weight excluding hydrogens is 330 g/mol. The molecule has 0 radical (unpaired) electrons. The molecule has 7 heteroatoms. The molecule has 0 N–H and O–H groups in total. The number of rotatable bonds is 6. The van der Waals surface area contributed by atoms with Crippen molar-refractivity contribution >= 4 is 46.9 Å². The van der Waals surface area contributed by atoms with E-state index in [2.05, 4.69) is 4.98 Å². The van der Waals surface area contributed by atoms with Crippen LogP contribution in [0, 0.1) is 6.92 Å². The summed E-state index contributed by atoms with van der Waals surface area (Å²) in [5, 5.41) is 0.0864. The molecule has 0 amide bonds. The van der Waals surface area contributed by atoms with Crippen LogP contribution in [0.5, 0.6) is 0 Å². The Kier molecular flexibility index (Phi) is 7.28. The Morgan fingerprint density at radius 2 is 1.90 bits per heavy atom. The van der Waals surface area contributed by atoms with E-state index in [9.17, 15) is 9.59 Å². The summed E-state index contributed by atoms with van der Waals surface area (Å²) in [7, 11) is 0. The van der Waals surface area contributed by atoms with Crippen LogP contribution in [0.25, 0.3) is 0 Å². The largest absolute Gasteiger partial charge is 0.462 e. The van der Waals surface area contributed by atoms with Gasteiger partial charge in [0.2, 0.25) is 5.78 Å². The van der Waals surface area contributed by atoms with Gasteiger partial charge in [0.15, 0.2) is 0 Å². The van der Waals surface area contributed by atoms with Gasteiger partial charge >= 0.3 is 5.97 Å². The smallest absolute Gasteiger partial charge is 0.343 e. The minimum absolute atomic E-state index is 0.00408. The Bertz CT molecular complexity index is 582. The third kappa shape index (κ3) is 4.49.